The van der Waals surface area contributed by atoms with Crippen molar-refractivity contribution in [1.29, 1.82) is 5.26 Å². The predicted molar refractivity (Wildman–Crippen MR) is 76.7 cm³/mol. The van der Waals surface area contributed by atoms with Crippen molar-refractivity contribution in [3.63, 3.8) is 0 Å². The quantitative estimate of drug-likeness (QED) is 0.661. The Balaban J connectivity index is 2.39. The zero-order valence-electron chi connectivity index (χ0n) is 10.2. The summed E-state index contributed by atoms with van der Waals surface area (Å²) >= 11 is 12.9. The highest BCUT2D eigenvalue weighted by Crippen LogP contribution is 2.38. The Morgan fingerprint density at radius 1 is 1.00 bits per heavy atom. The van der Waals surface area contributed by atoms with Crippen LogP contribution in [0.25, 0.3) is 0 Å². The minimum absolute atomic E-state index is 0.0548. The van der Waals surface area contributed by atoms with Crippen molar-refractivity contribution in [1.82, 2.24) is 0 Å². The van der Waals surface area contributed by atoms with Crippen molar-refractivity contribution < 1.29 is 13.2 Å². The Morgan fingerprint density at radius 3 is 2.24 bits per heavy atom. The standard InChI is InChI=1S/C14H6Cl2F3NS/c15-10-2-4-13(11(16)6-10)21-12-3-1-9(14(17,18)19)5-8(12)7-20/h1-6H. The maximum absolute atomic E-state index is 12.6. The van der Waals surface area contributed by atoms with Gasteiger partial charge in [0.15, 0.2) is 0 Å². The van der Waals surface area contributed by atoms with E-state index in [1.54, 1.807) is 18.2 Å². The van der Waals surface area contributed by atoms with E-state index in [0.29, 0.717) is 19.8 Å². The Labute approximate surface area is 133 Å². The third kappa shape index (κ3) is 3.85. The largest absolute Gasteiger partial charge is 0.416 e. The molecule has 0 heterocycles. The molecule has 0 aliphatic rings. The minimum Gasteiger partial charge on any atom is -0.192 e. The van der Waals surface area contributed by atoms with Crippen molar-refractivity contribution in [2.45, 2.75) is 16.0 Å². The summed E-state index contributed by atoms with van der Waals surface area (Å²) in [4.78, 5) is 1.01. The molecule has 0 radical (unpaired) electrons. The molecule has 0 bridgehead atoms. The molecule has 0 fully saturated rings. The van der Waals surface area contributed by atoms with Gasteiger partial charge in [-0.25, -0.2) is 0 Å². The van der Waals surface area contributed by atoms with Gasteiger partial charge in [0.05, 0.1) is 16.1 Å². The summed E-state index contributed by atoms with van der Waals surface area (Å²) in [5.41, 5.74) is -0.911. The van der Waals surface area contributed by atoms with E-state index in [-0.39, 0.29) is 5.56 Å². The molecule has 2 rings (SSSR count). The van der Waals surface area contributed by atoms with Crippen LogP contribution in [0, 0.1) is 11.3 Å². The van der Waals surface area contributed by atoms with Gasteiger partial charge in [-0.2, -0.15) is 18.4 Å². The van der Waals surface area contributed by atoms with Crippen molar-refractivity contribution in [3.05, 3.63) is 57.6 Å². The van der Waals surface area contributed by atoms with Gasteiger partial charge in [0.25, 0.3) is 0 Å². The van der Waals surface area contributed by atoms with Gasteiger partial charge in [0.1, 0.15) is 6.07 Å². The van der Waals surface area contributed by atoms with Crippen LogP contribution in [0.15, 0.2) is 46.2 Å². The van der Waals surface area contributed by atoms with Crippen molar-refractivity contribution in [2.75, 3.05) is 0 Å². The second-order valence-corrected chi connectivity index (χ2v) is 5.92. The smallest absolute Gasteiger partial charge is 0.192 e. The van der Waals surface area contributed by atoms with Crippen LogP contribution in [0.1, 0.15) is 11.1 Å². The maximum Gasteiger partial charge on any atom is 0.416 e. The first-order valence-electron chi connectivity index (χ1n) is 5.55. The van der Waals surface area contributed by atoms with E-state index in [4.69, 9.17) is 28.5 Å². The molecule has 0 saturated heterocycles. The van der Waals surface area contributed by atoms with Crippen molar-refractivity contribution in [3.8, 4) is 6.07 Å². The third-order valence-electron chi connectivity index (χ3n) is 2.54. The molecule has 7 heteroatoms. The summed E-state index contributed by atoms with van der Waals surface area (Å²) in [7, 11) is 0. The number of alkyl halides is 3. The Kier molecular flexibility index (Phi) is 4.72. The molecule has 0 saturated carbocycles. The topological polar surface area (TPSA) is 23.8 Å². The summed E-state index contributed by atoms with van der Waals surface area (Å²) in [6.45, 7) is 0. The lowest BCUT2D eigenvalue weighted by Gasteiger charge is -2.10. The van der Waals surface area contributed by atoms with E-state index >= 15 is 0 Å². The van der Waals surface area contributed by atoms with Crippen LogP contribution in [0.4, 0.5) is 13.2 Å². The molecular formula is C14H6Cl2F3NS. The molecule has 0 amide bonds. The van der Waals surface area contributed by atoms with Gasteiger partial charge in [-0.05, 0) is 36.4 Å². The van der Waals surface area contributed by atoms with Crippen LogP contribution in [0.5, 0.6) is 0 Å². The number of nitrogens with zero attached hydrogens (tertiary/aromatic N) is 1. The van der Waals surface area contributed by atoms with E-state index in [1.165, 1.54) is 12.1 Å². The molecule has 108 valence electrons. The van der Waals surface area contributed by atoms with E-state index < -0.39 is 11.7 Å². The van der Waals surface area contributed by atoms with E-state index in [0.717, 1.165) is 23.9 Å². The second-order valence-electron chi connectivity index (χ2n) is 4.00. The van der Waals surface area contributed by atoms with Crippen molar-refractivity contribution in [2.24, 2.45) is 0 Å². The number of nitriles is 1. The SMILES string of the molecule is N#Cc1cc(C(F)(F)F)ccc1Sc1ccc(Cl)cc1Cl. The van der Waals surface area contributed by atoms with E-state index in [9.17, 15) is 13.2 Å². The van der Waals surface area contributed by atoms with Gasteiger partial charge in [-0.1, -0.05) is 35.0 Å². The molecule has 21 heavy (non-hydrogen) atoms. The molecule has 2 aromatic carbocycles. The zero-order valence-corrected chi connectivity index (χ0v) is 12.5. The molecular weight excluding hydrogens is 342 g/mol. The van der Waals surface area contributed by atoms with Crippen LogP contribution in [0.2, 0.25) is 10.0 Å². The number of hydrogen-bond acceptors (Lipinski definition) is 2. The van der Waals surface area contributed by atoms with E-state index in [1.807, 2.05) is 0 Å². The molecule has 0 N–H and O–H groups in total. The molecule has 0 atom stereocenters. The Morgan fingerprint density at radius 2 is 1.67 bits per heavy atom. The summed E-state index contributed by atoms with van der Waals surface area (Å²) in [6, 6.07) is 9.59. The molecule has 1 nitrogen and oxygen atoms in total. The van der Waals surface area contributed by atoms with Gasteiger partial charge >= 0.3 is 6.18 Å². The molecule has 0 aromatic heterocycles. The summed E-state index contributed by atoms with van der Waals surface area (Å²) in [5.74, 6) is 0. The molecule has 0 unspecified atom stereocenters. The lowest BCUT2D eigenvalue weighted by Crippen LogP contribution is -2.05. The van der Waals surface area contributed by atoms with Crippen LogP contribution >= 0.6 is 35.0 Å². The number of rotatable bonds is 2. The van der Waals surface area contributed by atoms with Crippen molar-refractivity contribution >= 4 is 35.0 Å². The minimum atomic E-state index is -4.48. The van der Waals surface area contributed by atoms with Gasteiger partial charge in [-0.15, -0.1) is 0 Å². The highest BCUT2D eigenvalue weighted by atomic mass is 35.5. The molecule has 0 aliphatic heterocycles. The lowest BCUT2D eigenvalue weighted by atomic mass is 10.1. The lowest BCUT2D eigenvalue weighted by molar-refractivity contribution is -0.137. The fourth-order valence-corrected chi connectivity index (χ4v) is 2.96. The number of halogens is 5. The number of benzene rings is 2. The first kappa shape index (κ1) is 16.0. The Hall–Kier alpha value is -1.35. The van der Waals surface area contributed by atoms with Crippen LogP contribution in [-0.2, 0) is 6.18 Å². The van der Waals surface area contributed by atoms with Crippen LogP contribution in [0.3, 0.4) is 0 Å². The van der Waals surface area contributed by atoms with Crippen LogP contribution < -0.4 is 0 Å². The average molecular weight is 348 g/mol. The van der Waals surface area contributed by atoms with Gasteiger partial charge in [-0.3, -0.25) is 0 Å². The zero-order chi connectivity index (χ0) is 15.6. The normalized spacial score (nSPS) is 11.2. The predicted octanol–water partition coefficient (Wildman–Crippen LogP) is 6.04. The second kappa shape index (κ2) is 6.18. The maximum atomic E-state index is 12.6. The van der Waals surface area contributed by atoms with Gasteiger partial charge in [0.2, 0.25) is 0 Å². The monoisotopic (exact) mass is 347 g/mol. The summed E-state index contributed by atoms with van der Waals surface area (Å²) in [6.07, 6.45) is -4.48. The summed E-state index contributed by atoms with van der Waals surface area (Å²) in [5, 5.41) is 9.84. The first-order valence-corrected chi connectivity index (χ1v) is 7.13. The highest BCUT2D eigenvalue weighted by molar-refractivity contribution is 7.99. The number of hydrogen-bond donors (Lipinski definition) is 0. The summed E-state index contributed by atoms with van der Waals surface area (Å²) < 4.78 is 37.9. The van der Waals surface area contributed by atoms with Gasteiger partial charge < -0.3 is 0 Å². The first-order chi connectivity index (χ1) is 9.81. The fraction of sp³-hybridized carbons (Fsp3) is 0.0714. The Bertz CT molecular complexity index is 723. The molecule has 0 aliphatic carbocycles. The highest BCUT2D eigenvalue weighted by Gasteiger charge is 2.31. The van der Waals surface area contributed by atoms with E-state index in [2.05, 4.69) is 0 Å². The molecule has 2 aromatic rings. The average Bonchev–Trinajstić information content (AvgIpc) is 2.41. The van der Waals surface area contributed by atoms with Crippen LogP contribution in [-0.4, -0.2) is 0 Å². The molecule has 0 spiro atoms. The third-order valence-corrected chi connectivity index (χ3v) is 4.35. The fourth-order valence-electron chi connectivity index (χ4n) is 1.56. The van der Waals surface area contributed by atoms with Gasteiger partial charge in [0, 0.05) is 14.8 Å².